The van der Waals surface area contributed by atoms with E-state index in [2.05, 4.69) is 5.32 Å². The van der Waals surface area contributed by atoms with Crippen molar-refractivity contribution in [3.63, 3.8) is 0 Å². The fraction of sp³-hybridized carbons (Fsp3) is 0.278. The number of hydrogen-bond acceptors (Lipinski definition) is 4. The smallest absolute Gasteiger partial charge is 0.250 e. The first-order chi connectivity index (χ1) is 12.5. The lowest BCUT2D eigenvalue weighted by molar-refractivity contribution is -0.121. The summed E-state index contributed by atoms with van der Waals surface area (Å²) in [6, 6.07) is 14.1. The molecule has 1 aliphatic heterocycles. The molecule has 0 spiro atoms. The average molecular weight is 395 g/mol. The van der Waals surface area contributed by atoms with Gasteiger partial charge in [-0.2, -0.15) is 0 Å². The standard InChI is InChI=1S/C18H19ClN2O4S/c19-17-8-2-1-5-14(17)12-25-13-18(22)20-15-6-3-7-16(11-15)21-9-4-10-26(21,23)24/h1-3,5-8,11H,4,9-10,12-13H2,(H,20,22). The van der Waals surface area contributed by atoms with Gasteiger partial charge in [0.25, 0.3) is 0 Å². The van der Waals surface area contributed by atoms with Crippen LogP contribution in [-0.2, 0) is 26.2 Å². The van der Waals surface area contributed by atoms with Crippen molar-refractivity contribution in [3.8, 4) is 0 Å². The lowest BCUT2D eigenvalue weighted by Crippen LogP contribution is -2.25. The summed E-state index contributed by atoms with van der Waals surface area (Å²) in [6.45, 7) is 0.567. The lowest BCUT2D eigenvalue weighted by Gasteiger charge is -2.17. The first-order valence-electron chi connectivity index (χ1n) is 8.17. The highest BCUT2D eigenvalue weighted by atomic mass is 35.5. The number of ether oxygens (including phenoxy) is 1. The van der Waals surface area contributed by atoms with E-state index in [1.54, 1.807) is 30.3 Å². The Morgan fingerprint density at radius 1 is 1.19 bits per heavy atom. The van der Waals surface area contributed by atoms with Gasteiger partial charge < -0.3 is 10.1 Å². The number of rotatable bonds is 6. The highest BCUT2D eigenvalue weighted by molar-refractivity contribution is 7.93. The molecule has 0 aliphatic carbocycles. The van der Waals surface area contributed by atoms with Crippen LogP contribution in [0.1, 0.15) is 12.0 Å². The normalized spacial score (nSPS) is 15.8. The number of nitrogens with one attached hydrogen (secondary N) is 1. The molecule has 6 nitrogen and oxygen atoms in total. The third-order valence-corrected chi connectivity index (χ3v) is 6.20. The van der Waals surface area contributed by atoms with Gasteiger partial charge >= 0.3 is 0 Å². The zero-order valence-corrected chi connectivity index (χ0v) is 15.6. The van der Waals surface area contributed by atoms with E-state index in [9.17, 15) is 13.2 Å². The zero-order chi connectivity index (χ0) is 18.6. The van der Waals surface area contributed by atoms with Crippen LogP contribution in [0, 0.1) is 0 Å². The summed E-state index contributed by atoms with van der Waals surface area (Å²) in [5.41, 5.74) is 1.89. The third kappa shape index (κ3) is 4.55. The van der Waals surface area contributed by atoms with Crippen molar-refractivity contribution in [2.24, 2.45) is 0 Å². The highest BCUT2D eigenvalue weighted by Crippen LogP contribution is 2.26. The predicted molar refractivity (Wildman–Crippen MR) is 102 cm³/mol. The molecule has 8 heteroatoms. The molecule has 1 N–H and O–H groups in total. The van der Waals surface area contributed by atoms with E-state index in [0.717, 1.165) is 5.56 Å². The molecule has 1 aliphatic rings. The fourth-order valence-corrected chi connectivity index (χ4v) is 4.48. The third-order valence-electron chi connectivity index (χ3n) is 3.97. The number of sulfonamides is 1. The van der Waals surface area contributed by atoms with Crippen molar-refractivity contribution in [2.75, 3.05) is 28.5 Å². The van der Waals surface area contributed by atoms with E-state index >= 15 is 0 Å². The Balaban J connectivity index is 1.56. The molecule has 0 atom stereocenters. The molecule has 0 saturated carbocycles. The van der Waals surface area contributed by atoms with Gasteiger partial charge in [-0.1, -0.05) is 35.9 Å². The number of carbonyl (C=O) groups is 1. The highest BCUT2D eigenvalue weighted by Gasteiger charge is 2.28. The number of benzene rings is 2. The van der Waals surface area contributed by atoms with Gasteiger partial charge in [-0.15, -0.1) is 0 Å². The first kappa shape index (κ1) is 18.7. The van der Waals surface area contributed by atoms with E-state index in [-0.39, 0.29) is 24.9 Å². The van der Waals surface area contributed by atoms with Gasteiger partial charge in [0.15, 0.2) is 0 Å². The molecule has 3 rings (SSSR count). The molecule has 1 saturated heterocycles. The molecule has 138 valence electrons. The van der Waals surface area contributed by atoms with E-state index in [0.29, 0.717) is 29.4 Å². The average Bonchev–Trinajstić information content (AvgIpc) is 2.96. The maximum absolute atomic E-state index is 12.0. The van der Waals surface area contributed by atoms with Crippen molar-refractivity contribution in [2.45, 2.75) is 13.0 Å². The largest absolute Gasteiger partial charge is 0.367 e. The molecule has 2 aromatic rings. The molecular formula is C18H19ClN2O4S. The summed E-state index contributed by atoms with van der Waals surface area (Å²) < 4.78 is 30.8. The van der Waals surface area contributed by atoms with Crippen LogP contribution in [0.4, 0.5) is 11.4 Å². The fourth-order valence-electron chi connectivity index (χ4n) is 2.73. The Morgan fingerprint density at radius 2 is 2.00 bits per heavy atom. The number of hydrogen-bond donors (Lipinski definition) is 1. The SMILES string of the molecule is O=C(COCc1ccccc1Cl)Nc1cccc(N2CCCS2(=O)=O)c1. The zero-order valence-electron chi connectivity index (χ0n) is 14.0. The van der Waals surface area contributed by atoms with E-state index in [4.69, 9.17) is 16.3 Å². The number of carbonyl (C=O) groups excluding carboxylic acids is 1. The van der Waals surface area contributed by atoms with E-state index in [1.807, 2.05) is 18.2 Å². The second kappa shape index (κ2) is 8.07. The van der Waals surface area contributed by atoms with Gasteiger partial charge in [0.1, 0.15) is 6.61 Å². The van der Waals surface area contributed by atoms with Crippen LogP contribution < -0.4 is 9.62 Å². The molecule has 0 radical (unpaired) electrons. The summed E-state index contributed by atoms with van der Waals surface area (Å²) in [4.78, 5) is 12.0. The summed E-state index contributed by atoms with van der Waals surface area (Å²) in [7, 11) is -3.25. The molecule has 1 fully saturated rings. The Kier molecular flexibility index (Phi) is 5.80. The van der Waals surface area contributed by atoms with Crippen LogP contribution in [-0.4, -0.2) is 33.2 Å². The minimum atomic E-state index is -3.25. The molecule has 0 aromatic heterocycles. The Morgan fingerprint density at radius 3 is 2.73 bits per heavy atom. The monoisotopic (exact) mass is 394 g/mol. The summed E-state index contributed by atoms with van der Waals surface area (Å²) in [6.07, 6.45) is 0.606. The van der Waals surface area contributed by atoms with Crippen molar-refractivity contribution < 1.29 is 17.9 Å². The quantitative estimate of drug-likeness (QED) is 0.817. The minimum absolute atomic E-state index is 0.128. The van der Waals surface area contributed by atoms with Crippen LogP contribution in [0.3, 0.4) is 0 Å². The van der Waals surface area contributed by atoms with Crippen molar-refractivity contribution >= 4 is 38.9 Å². The molecule has 1 amide bonds. The number of amides is 1. The number of halogens is 1. The van der Waals surface area contributed by atoms with Crippen molar-refractivity contribution in [1.82, 2.24) is 0 Å². The Labute approximate surface area is 157 Å². The summed E-state index contributed by atoms with van der Waals surface area (Å²) in [5, 5.41) is 3.31. The molecular weight excluding hydrogens is 376 g/mol. The maximum Gasteiger partial charge on any atom is 0.250 e. The number of nitrogens with zero attached hydrogens (tertiary/aromatic N) is 1. The predicted octanol–water partition coefficient (Wildman–Crippen LogP) is 3.04. The molecule has 2 aromatic carbocycles. The lowest BCUT2D eigenvalue weighted by atomic mass is 10.2. The Hall–Kier alpha value is -2.09. The van der Waals surface area contributed by atoms with E-state index < -0.39 is 10.0 Å². The second-order valence-corrected chi connectivity index (χ2v) is 8.34. The summed E-state index contributed by atoms with van der Waals surface area (Å²) in [5.74, 6) is -0.169. The molecule has 26 heavy (non-hydrogen) atoms. The van der Waals surface area contributed by atoms with Gasteiger partial charge in [-0.05, 0) is 36.2 Å². The summed E-state index contributed by atoms with van der Waals surface area (Å²) >= 11 is 6.04. The van der Waals surface area contributed by atoms with Crippen LogP contribution in [0.15, 0.2) is 48.5 Å². The van der Waals surface area contributed by atoms with Crippen LogP contribution in [0.2, 0.25) is 5.02 Å². The van der Waals surface area contributed by atoms with E-state index in [1.165, 1.54) is 4.31 Å². The van der Waals surface area contributed by atoms with Crippen LogP contribution in [0.5, 0.6) is 0 Å². The Bertz CT molecular complexity index is 902. The minimum Gasteiger partial charge on any atom is -0.367 e. The molecule has 0 bridgehead atoms. The van der Waals surface area contributed by atoms with Gasteiger partial charge in [0.2, 0.25) is 15.9 Å². The van der Waals surface area contributed by atoms with Gasteiger partial charge in [0, 0.05) is 17.3 Å². The molecule has 1 heterocycles. The first-order valence-corrected chi connectivity index (χ1v) is 10.2. The van der Waals surface area contributed by atoms with Crippen molar-refractivity contribution in [3.05, 3.63) is 59.1 Å². The van der Waals surface area contributed by atoms with Crippen LogP contribution in [0.25, 0.3) is 0 Å². The van der Waals surface area contributed by atoms with Gasteiger partial charge in [-0.25, -0.2) is 8.42 Å². The van der Waals surface area contributed by atoms with Crippen molar-refractivity contribution in [1.29, 1.82) is 0 Å². The van der Waals surface area contributed by atoms with Gasteiger partial charge in [0.05, 0.1) is 18.0 Å². The topological polar surface area (TPSA) is 75.7 Å². The number of anilines is 2. The van der Waals surface area contributed by atoms with Crippen LogP contribution >= 0.6 is 11.6 Å². The van der Waals surface area contributed by atoms with Gasteiger partial charge in [-0.3, -0.25) is 9.10 Å². The maximum atomic E-state index is 12.0. The molecule has 0 unspecified atom stereocenters. The second-order valence-electron chi connectivity index (χ2n) is 5.92.